The van der Waals surface area contributed by atoms with Gasteiger partial charge in [0.1, 0.15) is 0 Å². The molecule has 3 heterocycles. The standard InChI is InChI=1S/C102H70BN3/c1-102(2,3)77-62-95-99-96(63-77)106(101-86(69-37-18-8-19-38-69)58-76(66-31-12-5-13-32-66)59-87(101)70-39-20-9-21-40-70)94-64-78(104-91-49-24-22-44-79(91)80-45-23-25-50-92(80)104)52-54-90(94)103(99)89-53-51-72(74-55-73-43-28-47-82-81-46-26-41-71-42-27-48-83(97(71)81)88(60-74)98(73)82)61-93(89)105(95)100-84(67-33-14-6-15-34-67)56-75(65-29-10-4-11-30-65)57-85(100)68-35-16-7-17-36-68/h4-64H,1-3H3. The van der Waals surface area contributed by atoms with Crippen LogP contribution < -0.4 is 26.2 Å². The molecule has 4 heteroatoms. The van der Waals surface area contributed by atoms with Crippen LogP contribution in [0.15, 0.2) is 370 Å². The van der Waals surface area contributed by atoms with Crippen LogP contribution >= 0.6 is 0 Å². The average molecular weight is 1350 g/mol. The highest BCUT2D eigenvalue weighted by atomic mass is 15.2. The molecular formula is C102H70BN3. The molecule has 496 valence electrons. The lowest BCUT2D eigenvalue weighted by molar-refractivity contribution is 0.590. The van der Waals surface area contributed by atoms with Gasteiger partial charge in [0.2, 0.25) is 0 Å². The number of fused-ring (bicyclic) bond motifs is 9. The molecule has 106 heavy (non-hydrogen) atoms. The molecule has 0 amide bonds. The largest absolute Gasteiger partial charge is 0.310 e. The van der Waals surface area contributed by atoms with Crippen LogP contribution in [0.1, 0.15) is 26.3 Å². The zero-order valence-corrected chi connectivity index (χ0v) is 59.1. The maximum absolute atomic E-state index is 2.73. The molecule has 21 rings (SSSR count). The summed E-state index contributed by atoms with van der Waals surface area (Å²) < 4.78 is 2.50. The van der Waals surface area contributed by atoms with Gasteiger partial charge in [0.25, 0.3) is 6.71 Å². The second-order valence-corrected chi connectivity index (χ2v) is 29.8. The maximum Gasteiger partial charge on any atom is 0.252 e. The first-order chi connectivity index (χ1) is 52.2. The summed E-state index contributed by atoms with van der Waals surface area (Å²) in [7, 11) is 0. The molecule has 1 aromatic heterocycles. The Labute approximate surface area is 617 Å². The van der Waals surface area contributed by atoms with Crippen LogP contribution in [0.2, 0.25) is 0 Å². The summed E-state index contributed by atoms with van der Waals surface area (Å²) in [5.41, 5.74) is 30.8. The van der Waals surface area contributed by atoms with Crippen molar-refractivity contribution in [1.82, 2.24) is 4.57 Å². The summed E-state index contributed by atoms with van der Waals surface area (Å²) in [6.07, 6.45) is 0. The van der Waals surface area contributed by atoms with E-state index in [0.29, 0.717) is 0 Å². The van der Waals surface area contributed by atoms with Crippen molar-refractivity contribution in [2.24, 2.45) is 0 Å². The molecule has 19 aromatic rings. The Morgan fingerprint density at radius 3 is 1.07 bits per heavy atom. The van der Waals surface area contributed by atoms with Gasteiger partial charge in [-0.1, -0.05) is 312 Å². The summed E-state index contributed by atoms with van der Waals surface area (Å²) in [6, 6.07) is 140. The fourth-order valence-corrected chi connectivity index (χ4v) is 17.9. The van der Waals surface area contributed by atoms with Gasteiger partial charge in [0.15, 0.2) is 0 Å². The molecule has 2 aliphatic heterocycles. The Morgan fingerprint density at radius 2 is 0.613 bits per heavy atom. The molecule has 0 spiro atoms. The molecule has 0 fully saturated rings. The molecule has 3 nitrogen and oxygen atoms in total. The van der Waals surface area contributed by atoms with E-state index in [2.05, 4.69) is 405 Å². The lowest BCUT2D eigenvalue weighted by Gasteiger charge is -2.46. The van der Waals surface area contributed by atoms with Crippen molar-refractivity contribution in [3.8, 4) is 83.6 Å². The molecule has 18 aromatic carbocycles. The van der Waals surface area contributed by atoms with Gasteiger partial charge in [0, 0.05) is 61.5 Å². The molecular weight excluding hydrogens is 1280 g/mol. The van der Waals surface area contributed by atoms with Crippen LogP contribution in [0.5, 0.6) is 0 Å². The van der Waals surface area contributed by atoms with Crippen LogP contribution in [0.25, 0.3) is 148 Å². The Balaban J connectivity index is 0.931. The lowest BCUT2D eigenvalue weighted by Crippen LogP contribution is -2.61. The van der Waals surface area contributed by atoms with Crippen molar-refractivity contribution >= 4 is 122 Å². The molecule has 0 unspecified atom stereocenters. The molecule has 0 N–H and O–H groups in total. The first-order valence-electron chi connectivity index (χ1n) is 37.1. The predicted octanol–water partition coefficient (Wildman–Crippen LogP) is 25.9. The molecule has 0 aliphatic carbocycles. The van der Waals surface area contributed by atoms with Crippen molar-refractivity contribution in [3.63, 3.8) is 0 Å². The van der Waals surface area contributed by atoms with Crippen LogP contribution in [0.4, 0.5) is 34.1 Å². The van der Waals surface area contributed by atoms with Gasteiger partial charge >= 0.3 is 0 Å². The number of hydrogen-bond donors (Lipinski definition) is 0. The summed E-state index contributed by atoms with van der Waals surface area (Å²) in [4.78, 5) is 5.45. The summed E-state index contributed by atoms with van der Waals surface area (Å²) in [6.45, 7) is 6.94. The minimum atomic E-state index is -0.345. The number of nitrogens with zero attached hydrogens (tertiary/aromatic N) is 3. The highest BCUT2D eigenvalue weighted by molar-refractivity contribution is 7.00. The highest BCUT2D eigenvalue weighted by Gasteiger charge is 2.46. The number of aromatic nitrogens is 1. The fourth-order valence-electron chi connectivity index (χ4n) is 17.9. The monoisotopic (exact) mass is 1350 g/mol. The zero-order chi connectivity index (χ0) is 70.3. The van der Waals surface area contributed by atoms with Crippen molar-refractivity contribution in [3.05, 3.63) is 376 Å². The van der Waals surface area contributed by atoms with Crippen molar-refractivity contribution in [2.45, 2.75) is 26.2 Å². The smallest absolute Gasteiger partial charge is 0.252 e. The first-order valence-corrected chi connectivity index (χ1v) is 37.1. The summed E-state index contributed by atoms with van der Waals surface area (Å²) in [5.74, 6) is 0. The van der Waals surface area contributed by atoms with Gasteiger partial charge in [-0.3, -0.25) is 0 Å². The lowest BCUT2D eigenvalue weighted by atomic mass is 9.33. The minimum absolute atomic E-state index is 0.250. The number of rotatable bonds is 10. The topological polar surface area (TPSA) is 11.4 Å². The Hall–Kier alpha value is -13.3. The number of benzene rings is 18. The number of anilines is 6. The Kier molecular flexibility index (Phi) is 14.0. The van der Waals surface area contributed by atoms with Crippen LogP contribution in [-0.4, -0.2) is 11.3 Å². The van der Waals surface area contributed by atoms with Gasteiger partial charge < -0.3 is 14.4 Å². The quantitative estimate of drug-likeness (QED) is 0.0768. The van der Waals surface area contributed by atoms with E-state index in [4.69, 9.17) is 0 Å². The minimum Gasteiger partial charge on any atom is -0.310 e. The SMILES string of the molecule is CC(C)(C)c1cc2c3c(c1)N(c1c(-c4ccccc4)cc(-c4ccccc4)cc1-c1ccccc1)c1cc(-n4c5ccccc5c5ccccc54)ccc1B3c1ccc(-c3cc4cccc5c6cccc7cccc(c(c3)c45)c76)cc1N2c1c(-c2ccccc2)cc(-c2ccccc2)cc1-c1ccccc1. The van der Waals surface area contributed by atoms with E-state index in [1.165, 1.54) is 92.4 Å². The van der Waals surface area contributed by atoms with Crippen molar-refractivity contribution in [2.75, 3.05) is 9.80 Å². The molecule has 0 radical (unpaired) electrons. The van der Waals surface area contributed by atoms with E-state index in [9.17, 15) is 0 Å². The van der Waals surface area contributed by atoms with E-state index in [-0.39, 0.29) is 12.1 Å². The third-order valence-electron chi connectivity index (χ3n) is 22.8. The van der Waals surface area contributed by atoms with Crippen molar-refractivity contribution < 1.29 is 0 Å². The van der Waals surface area contributed by atoms with Gasteiger partial charge in [-0.25, -0.2) is 0 Å². The van der Waals surface area contributed by atoms with E-state index >= 15 is 0 Å². The van der Waals surface area contributed by atoms with Gasteiger partial charge in [0.05, 0.1) is 22.4 Å². The third-order valence-corrected chi connectivity index (χ3v) is 22.8. The molecule has 0 atom stereocenters. The van der Waals surface area contributed by atoms with E-state index < -0.39 is 0 Å². The summed E-state index contributed by atoms with van der Waals surface area (Å²) in [5, 5.41) is 12.7. The van der Waals surface area contributed by atoms with Gasteiger partial charge in [-0.05, 0) is 205 Å². The highest BCUT2D eigenvalue weighted by Crippen LogP contribution is 2.56. The van der Waals surface area contributed by atoms with Gasteiger partial charge in [-0.15, -0.1) is 0 Å². The van der Waals surface area contributed by atoms with Crippen molar-refractivity contribution in [1.29, 1.82) is 0 Å². The molecule has 0 saturated heterocycles. The van der Waals surface area contributed by atoms with Crippen LogP contribution in [0.3, 0.4) is 0 Å². The maximum atomic E-state index is 2.73. The van der Waals surface area contributed by atoms with E-state index in [1.54, 1.807) is 0 Å². The van der Waals surface area contributed by atoms with Crippen LogP contribution in [-0.2, 0) is 5.41 Å². The summed E-state index contributed by atoms with van der Waals surface area (Å²) >= 11 is 0. The van der Waals surface area contributed by atoms with Gasteiger partial charge in [-0.2, -0.15) is 0 Å². The second-order valence-electron chi connectivity index (χ2n) is 29.8. The Morgan fingerprint density at radius 1 is 0.245 bits per heavy atom. The molecule has 2 aliphatic rings. The number of hydrogen-bond acceptors (Lipinski definition) is 2. The zero-order valence-electron chi connectivity index (χ0n) is 59.1. The van der Waals surface area contributed by atoms with Crippen LogP contribution in [0, 0.1) is 0 Å². The predicted molar refractivity (Wildman–Crippen MR) is 453 cm³/mol. The normalized spacial score (nSPS) is 12.6. The average Bonchev–Trinajstić information content (AvgIpc) is 0.733. The van der Waals surface area contributed by atoms with E-state index in [1.807, 2.05) is 0 Å². The first kappa shape index (κ1) is 61.4. The Bertz CT molecular complexity index is 6540. The molecule has 0 saturated carbocycles. The third kappa shape index (κ3) is 9.68. The molecule has 0 bridgehead atoms. The fraction of sp³-hybridized carbons (Fsp3) is 0.0392. The second kappa shape index (κ2) is 24.2. The number of para-hydroxylation sites is 2. The van der Waals surface area contributed by atoms with E-state index in [0.717, 1.165) is 112 Å².